The standard InChI is InChI=1S/C21H28NO4P/c1-13-10-18(11-14(2)21(13)23)20(27(24)16(4)8-9-26-27)12-25-19-7-6-15(3)22-17(19)5/h6-7,10-11,16,20,23H,8-9,12H2,1-5H3. The zero-order valence-corrected chi connectivity index (χ0v) is 17.5. The molecule has 1 aliphatic rings. The van der Waals surface area contributed by atoms with Gasteiger partial charge in [0.05, 0.1) is 18.0 Å². The lowest BCUT2D eigenvalue weighted by Gasteiger charge is -2.28. The van der Waals surface area contributed by atoms with Gasteiger partial charge in [0.25, 0.3) is 0 Å². The zero-order chi connectivity index (χ0) is 19.8. The number of phenols is 1. The smallest absolute Gasteiger partial charge is 0.216 e. The fourth-order valence-electron chi connectivity index (χ4n) is 3.66. The molecule has 146 valence electrons. The molecular formula is C21H28NO4P. The largest absolute Gasteiger partial charge is 0.507 e. The summed E-state index contributed by atoms with van der Waals surface area (Å²) in [5.41, 5.74) is 3.76. The Labute approximate surface area is 161 Å². The highest BCUT2D eigenvalue weighted by Gasteiger charge is 2.45. The highest BCUT2D eigenvalue weighted by molar-refractivity contribution is 7.60. The molecule has 2 heterocycles. The van der Waals surface area contributed by atoms with Crippen LogP contribution >= 0.6 is 7.37 Å². The van der Waals surface area contributed by atoms with Crippen LogP contribution < -0.4 is 4.74 Å². The molecule has 1 fully saturated rings. The number of benzene rings is 1. The molecule has 5 nitrogen and oxygen atoms in total. The summed E-state index contributed by atoms with van der Waals surface area (Å²) in [4.78, 5) is 4.44. The second kappa shape index (κ2) is 7.65. The number of phenolic OH excluding ortho intramolecular Hbond substituents is 1. The lowest BCUT2D eigenvalue weighted by atomic mass is 10.0. The molecule has 3 atom stereocenters. The second-order valence-corrected chi connectivity index (χ2v) is 10.5. The van der Waals surface area contributed by atoms with Crippen LogP contribution in [0.25, 0.3) is 0 Å². The number of nitrogens with zero attached hydrogens (tertiary/aromatic N) is 1. The Bertz CT molecular complexity index is 873. The SMILES string of the molecule is Cc1ccc(OCC(c2cc(C)c(O)c(C)c2)P2(=O)OCCC2C)c(C)n1. The average molecular weight is 389 g/mol. The summed E-state index contributed by atoms with van der Waals surface area (Å²) in [6.45, 7) is 10.3. The summed E-state index contributed by atoms with van der Waals surface area (Å²) < 4.78 is 25.6. The molecule has 1 aromatic heterocycles. The average Bonchev–Trinajstić information content (AvgIpc) is 2.94. The summed E-state index contributed by atoms with van der Waals surface area (Å²) in [5.74, 6) is 0.965. The third-order valence-corrected chi connectivity index (χ3v) is 8.74. The topological polar surface area (TPSA) is 68.7 Å². The molecule has 6 heteroatoms. The number of rotatable bonds is 5. The molecule has 0 spiro atoms. The van der Waals surface area contributed by atoms with Gasteiger partial charge >= 0.3 is 0 Å². The van der Waals surface area contributed by atoms with Crippen LogP contribution in [0, 0.1) is 27.7 Å². The van der Waals surface area contributed by atoms with E-state index in [2.05, 4.69) is 4.98 Å². The predicted octanol–water partition coefficient (Wildman–Crippen LogP) is 5.23. The van der Waals surface area contributed by atoms with Gasteiger partial charge in [0.2, 0.25) is 7.37 Å². The first-order valence-electron chi connectivity index (χ1n) is 9.33. The molecule has 1 aliphatic heterocycles. The Hall–Kier alpha value is -1.84. The third kappa shape index (κ3) is 3.90. The van der Waals surface area contributed by atoms with Crippen LogP contribution in [0.4, 0.5) is 0 Å². The van der Waals surface area contributed by atoms with Crippen molar-refractivity contribution >= 4 is 7.37 Å². The minimum Gasteiger partial charge on any atom is -0.507 e. The van der Waals surface area contributed by atoms with E-state index in [4.69, 9.17) is 9.26 Å². The van der Waals surface area contributed by atoms with Crippen molar-refractivity contribution in [2.45, 2.75) is 52.4 Å². The maximum absolute atomic E-state index is 13.7. The molecule has 3 unspecified atom stereocenters. The third-order valence-electron chi connectivity index (χ3n) is 5.35. The number of pyridine rings is 1. The van der Waals surface area contributed by atoms with E-state index < -0.39 is 7.37 Å². The van der Waals surface area contributed by atoms with Gasteiger partial charge in [0, 0.05) is 11.4 Å². The quantitative estimate of drug-likeness (QED) is 0.710. The van der Waals surface area contributed by atoms with E-state index in [-0.39, 0.29) is 23.7 Å². The van der Waals surface area contributed by atoms with Crippen molar-refractivity contribution < 1.29 is 18.9 Å². The summed E-state index contributed by atoms with van der Waals surface area (Å²) in [6, 6.07) is 7.59. The van der Waals surface area contributed by atoms with Gasteiger partial charge in [-0.05, 0) is 62.9 Å². The Morgan fingerprint density at radius 1 is 1.26 bits per heavy atom. The Morgan fingerprint density at radius 3 is 2.48 bits per heavy atom. The van der Waals surface area contributed by atoms with Crippen LogP contribution in [-0.2, 0) is 9.09 Å². The number of hydrogen-bond acceptors (Lipinski definition) is 5. The van der Waals surface area contributed by atoms with Gasteiger partial charge in [0.1, 0.15) is 18.1 Å². The summed E-state index contributed by atoms with van der Waals surface area (Å²) in [6.07, 6.45) is 0.787. The van der Waals surface area contributed by atoms with Crippen LogP contribution in [0.2, 0.25) is 0 Å². The van der Waals surface area contributed by atoms with E-state index in [1.807, 2.05) is 58.9 Å². The summed E-state index contributed by atoms with van der Waals surface area (Å²) in [7, 11) is -2.94. The van der Waals surface area contributed by atoms with Crippen molar-refractivity contribution in [3.8, 4) is 11.5 Å². The minimum absolute atomic E-state index is 0.0160. The van der Waals surface area contributed by atoms with Gasteiger partial charge < -0.3 is 14.4 Å². The number of aryl methyl sites for hydroxylation is 4. The Kier molecular flexibility index (Phi) is 5.64. The normalized spacial score (nSPS) is 23.4. The number of aromatic hydroxyl groups is 1. The van der Waals surface area contributed by atoms with Crippen molar-refractivity contribution in [1.29, 1.82) is 0 Å². The van der Waals surface area contributed by atoms with Gasteiger partial charge in [-0.1, -0.05) is 19.1 Å². The molecule has 27 heavy (non-hydrogen) atoms. The highest BCUT2D eigenvalue weighted by Crippen LogP contribution is 2.67. The van der Waals surface area contributed by atoms with Gasteiger partial charge in [-0.15, -0.1) is 0 Å². The van der Waals surface area contributed by atoms with E-state index in [1.54, 1.807) is 0 Å². The van der Waals surface area contributed by atoms with Crippen LogP contribution in [0.5, 0.6) is 11.5 Å². The van der Waals surface area contributed by atoms with Crippen LogP contribution in [0.15, 0.2) is 24.3 Å². The molecule has 0 radical (unpaired) electrons. The van der Waals surface area contributed by atoms with Crippen LogP contribution in [0.1, 0.15) is 47.1 Å². The molecule has 2 aromatic rings. The maximum atomic E-state index is 13.7. The van der Waals surface area contributed by atoms with Crippen molar-refractivity contribution in [3.63, 3.8) is 0 Å². The monoisotopic (exact) mass is 389 g/mol. The minimum atomic E-state index is -2.94. The van der Waals surface area contributed by atoms with Crippen molar-refractivity contribution in [2.75, 3.05) is 13.2 Å². The van der Waals surface area contributed by atoms with Gasteiger partial charge in [-0.25, -0.2) is 0 Å². The Balaban J connectivity index is 1.97. The lowest BCUT2D eigenvalue weighted by molar-refractivity contribution is 0.288. The lowest BCUT2D eigenvalue weighted by Crippen LogP contribution is -2.16. The first kappa shape index (κ1) is 19.9. The van der Waals surface area contributed by atoms with Crippen LogP contribution in [0.3, 0.4) is 0 Å². The number of hydrogen-bond donors (Lipinski definition) is 1. The van der Waals surface area contributed by atoms with Crippen molar-refractivity contribution in [3.05, 3.63) is 52.3 Å². The first-order valence-corrected chi connectivity index (χ1v) is 11.1. The van der Waals surface area contributed by atoms with Crippen molar-refractivity contribution in [2.24, 2.45) is 0 Å². The summed E-state index contributed by atoms with van der Waals surface area (Å²) >= 11 is 0. The predicted molar refractivity (Wildman–Crippen MR) is 107 cm³/mol. The molecule has 1 aromatic carbocycles. The number of aromatic nitrogens is 1. The zero-order valence-electron chi connectivity index (χ0n) is 16.7. The van der Waals surface area contributed by atoms with E-state index in [0.29, 0.717) is 12.4 Å². The van der Waals surface area contributed by atoms with Crippen LogP contribution in [-0.4, -0.2) is 29.0 Å². The summed E-state index contributed by atoms with van der Waals surface area (Å²) in [5, 5.41) is 10.1. The van der Waals surface area contributed by atoms with Gasteiger partial charge in [0.15, 0.2) is 0 Å². The van der Waals surface area contributed by atoms with Crippen molar-refractivity contribution in [1.82, 2.24) is 4.98 Å². The molecular weight excluding hydrogens is 361 g/mol. The van der Waals surface area contributed by atoms with Gasteiger partial charge in [-0.3, -0.25) is 9.55 Å². The van der Waals surface area contributed by atoms with Gasteiger partial charge in [-0.2, -0.15) is 0 Å². The first-order chi connectivity index (χ1) is 12.7. The molecule has 3 rings (SSSR count). The molecule has 0 amide bonds. The Morgan fingerprint density at radius 2 is 1.93 bits per heavy atom. The highest BCUT2D eigenvalue weighted by atomic mass is 31.2. The van der Waals surface area contributed by atoms with E-state index in [1.165, 1.54) is 0 Å². The second-order valence-electron chi connectivity index (χ2n) is 7.48. The molecule has 0 aliphatic carbocycles. The van der Waals surface area contributed by atoms with E-state index >= 15 is 0 Å². The van der Waals surface area contributed by atoms with E-state index in [0.717, 1.165) is 34.5 Å². The molecule has 0 bridgehead atoms. The number of ether oxygens (including phenoxy) is 1. The maximum Gasteiger partial charge on any atom is 0.216 e. The molecule has 1 N–H and O–H groups in total. The molecule has 1 saturated heterocycles. The fraction of sp³-hybridized carbons (Fsp3) is 0.476. The molecule has 0 saturated carbocycles. The fourth-order valence-corrected chi connectivity index (χ4v) is 6.41. The van der Waals surface area contributed by atoms with E-state index in [9.17, 15) is 9.67 Å².